The number of thiophene rings is 1. The summed E-state index contributed by atoms with van der Waals surface area (Å²) in [6.45, 7) is 3.42. The van der Waals surface area contributed by atoms with Crippen LogP contribution in [0.5, 0.6) is 0 Å². The van der Waals surface area contributed by atoms with Crippen LogP contribution in [0, 0.1) is 0 Å². The first-order valence-electron chi connectivity index (χ1n) is 8.77. The van der Waals surface area contributed by atoms with Crippen LogP contribution >= 0.6 is 11.3 Å². The van der Waals surface area contributed by atoms with Gasteiger partial charge in [0.1, 0.15) is 11.5 Å². The number of nitrogens with zero attached hydrogens (tertiary/aromatic N) is 2. The fourth-order valence-corrected chi connectivity index (χ4v) is 4.31. The Hall–Kier alpha value is -2.68. The first kappa shape index (κ1) is 19.1. The van der Waals surface area contributed by atoms with E-state index in [0.717, 1.165) is 36.1 Å². The number of carbonyl (C=O) groups is 3. The molecule has 2 aromatic rings. The molecule has 0 radical (unpaired) electrons. The maximum absolute atomic E-state index is 12.6. The number of esters is 1. The summed E-state index contributed by atoms with van der Waals surface area (Å²) >= 11 is 1.41. The topological polar surface area (TPSA) is 111 Å². The highest BCUT2D eigenvalue weighted by Gasteiger charge is 2.28. The van der Waals surface area contributed by atoms with Gasteiger partial charge in [-0.25, -0.2) is 9.59 Å². The minimum Gasteiger partial charge on any atom is -0.476 e. The van der Waals surface area contributed by atoms with Gasteiger partial charge in [0.15, 0.2) is 5.69 Å². The van der Waals surface area contributed by atoms with Crippen LogP contribution in [0.15, 0.2) is 12.3 Å². The van der Waals surface area contributed by atoms with E-state index in [-0.39, 0.29) is 24.2 Å². The van der Waals surface area contributed by atoms with Crippen molar-refractivity contribution in [1.29, 1.82) is 0 Å². The highest BCUT2D eigenvalue weighted by molar-refractivity contribution is 7.17. The quantitative estimate of drug-likeness (QED) is 0.733. The molecule has 1 amide bonds. The summed E-state index contributed by atoms with van der Waals surface area (Å²) < 4.78 is 6.61. The normalized spacial score (nSPS) is 13.3. The van der Waals surface area contributed by atoms with Crippen LogP contribution in [-0.4, -0.2) is 38.8 Å². The lowest BCUT2D eigenvalue weighted by molar-refractivity contribution is -0.116. The van der Waals surface area contributed by atoms with E-state index in [1.165, 1.54) is 28.3 Å². The molecule has 1 aliphatic carbocycles. The molecule has 0 saturated carbocycles. The molecular weight excluding hydrogens is 370 g/mol. The molecule has 144 valence electrons. The van der Waals surface area contributed by atoms with Gasteiger partial charge >= 0.3 is 11.9 Å². The second-order valence-corrected chi connectivity index (χ2v) is 7.73. The van der Waals surface area contributed by atoms with E-state index < -0.39 is 11.9 Å². The second-order valence-electron chi connectivity index (χ2n) is 6.62. The smallest absolute Gasteiger partial charge is 0.356 e. The fraction of sp³-hybridized carbons (Fsp3) is 0.444. The van der Waals surface area contributed by atoms with Gasteiger partial charge in [-0.15, -0.1) is 11.3 Å². The van der Waals surface area contributed by atoms with Crippen LogP contribution < -0.4 is 5.32 Å². The molecule has 2 N–H and O–H groups in total. The van der Waals surface area contributed by atoms with Crippen LogP contribution in [0.25, 0.3) is 0 Å². The van der Waals surface area contributed by atoms with Gasteiger partial charge in [0.25, 0.3) is 0 Å². The van der Waals surface area contributed by atoms with Gasteiger partial charge in [-0.05, 0) is 51.2 Å². The second kappa shape index (κ2) is 7.91. The molecule has 9 heteroatoms. The summed E-state index contributed by atoms with van der Waals surface area (Å²) in [5.74, 6) is -1.96. The first-order chi connectivity index (χ1) is 12.8. The number of aryl methyl sites for hydroxylation is 1. The molecule has 8 nitrogen and oxygen atoms in total. The van der Waals surface area contributed by atoms with Crippen molar-refractivity contribution in [2.45, 2.75) is 52.2 Å². The number of aromatic nitrogens is 2. The Balaban J connectivity index is 1.80. The fourth-order valence-electron chi connectivity index (χ4n) is 3.02. The van der Waals surface area contributed by atoms with Crippen molar-refractivity contribution in [3.05, 3.63) is 34.0 Å². The van der Waals surface area contributed by atoms with E-state index in [1.807, 2.05) is 0 Å². The Bertz CT molecular complexity index is 884. The molecule has 0 unspecified atom stereocenters. The van der Waals surface area contributed by atoms with Crippen LogP contribution in [0.3, 0.4) is 0 Å². The van der Waals surface area contributed by atoms with E-state index in [2.05, 4.69) is 10.4 Å². The Morgan fingerprint density at radius 1 is 1.33 bits per heavy atom. The van der Waals surface area contributed by atoms with Crippen molar-refractivity contribution in [2.75, 3.05) is 5.32 Å². The molecule has 0 aromatic carbocycles. The predicted molar refractivity (Wildman–Crippen MR) is 99.3 cm³/mol. The van der Waals surface area contributed by atoms with E-state index in [1.54, 1.807) is 13.8 Å². The van der Waals surface area contributed by atoms with Gasteiger partial charge in [-0.3, -0.25) is 9.48 Å². The number of carboxylic acid groups (broad SMARTS) is 1. The van der Waals surface area contributed by atoms with Crippen molar-refractivity contribution < 1.29 is 24.2 Å². The van der Waals surface area contributed by atoms with E-state index >= 15 is 0 Å². The number of nitrogens with one attached hydrogen (secondary N) is 1. The number of rotatable bonds is 6. The Kier molecular flexibility index (Phi) is 5.59. The Morgan fingerprint density at radius 2 is 2.07 bits per heavy atom. The monoisotopic (exact) mass is 391 g/mol. The van der Waals surface area contributed by atoms with Gasteiger partial charge in [-0.1, -0.05) is 0 Å². The molecular formula is C18H21N3O5S. The number of amides is 1. The zero-order valence-corrected chi connectivity index (χ0v) is 16.0. The maximum Gasteiger partial charge on any atom is 0.356 e. The Morgan fingerprint density at radius 3 is 2.74 bits per heavy atom. The lowest BCUT2D eigenvalue weighted by Gasteiger charge is -2.14. The third-order valence-electron chi connectivity index (χ3n) is 4.14. The summed E-state index contributed by atoms with van der Waals surface area (Å²) in [4.78, 5) is 37.0. The molecule has 3 rings (SSSR count). The molecule has 1 aliphatic rings. The number of ether oxygens (including phenoxy) is 1. The van der Waals surface area contributed by atoms with E-state index in [0.29, 0.717) is 10.6 Å². The number of fused-ring (bicyclic) bond motifs is 1. The standard InChI is InChI=1S/C18H21N3O5S/c1-10(2)26-18(25)15-11-5-3-4-6-13(11)27-16(15)19-14(22)9-21-8-7-12(20-21)17(23)24/h7-8,10H,3-6,9H2,1-2H3,(H,19,22)(H,23,24). The van der Waals surface area contributed by atoms with Crippen molar-refractivity contribution in [2.24, 2.45) is 0 Å². The minimum atomic E-state index is -1.15. The van der Waals surface area contributed by atoms with Gasteiger partial charge < -0.3 is 15.2 Å². The van der Waals surface area contributed by atoms with E-state index in [9.17, 15) is 14.4 Å². The average molecular weight is 391 g/mol. The molecule has 0 saturated heterocycles. The van der Waals surface area contributed by atoms with Gasteiger partial charge in [-0.2, -0.15) is 5.10 Å². The zero-order chi connectivity index (χ0) is 19.6. The molecule has 2 heterocycles. The molecule has 0 aliphatic heterocycles. The molecule has 0 spiro atoms. The van der Waals surface area contributed by atoms with Crippen LogP contribution in [0.2, 0.25) is 0 Å². The number of anilines is 1. The van der Waals surface area contributed by atoms with Crippen molar-refractivity contribution in [3.63, 3.8) is 0 Å². The summed E-state index contributed by atoms with van der Waals surface area (Å²) in [7, 11) is 0. The van der Waals surface area contributed by atoms with Gasteiger partial charge in [0.05, 0.1) is 11.7 Å². The molecule has 27 heavy (non-hydrogen) atoms. The number of hydrogen-bond donors (Lipinski definition) is 2. The van der Waals surface area contributed by atoms with Crippen LogP contribution in [0.4, 0.5) is 5.00 Å². The zero-order valence-electron chi connectivity index (χ0n) is 15.2. The third kappa shape index (κ3) is 4.36. The van der Waals surface area contributed by atoms with Gasteiger partial charge in [0.2, 0.25) is 5.91 Å². The predicted octanol–water partition coefficient (Wildman–Crippen LogP) is 2.73. The number of hydrogen-bond acceptors (Lipinski definition) is 6. The molecule has 2 aromatic heterocycles. The van der Waals surface area contributed by atoms with Crippen molar-refractivity contribution in [3.8, 4) is 0 Å². The largest absolute Gasteiger partial charge is 0.476 e. The van der Waals surface area contributed by atoms with Crippen LogP contribution in [-0.2, 0) is 28.9 Å². The SMILES string of the molecule is CC(C)OC(=O)c1c(NC(=O)Cn2ccc(C(=O)O)n2)sc2c1CCCC2. The number of carboxylic acids is 1. The third-order valence-corrected chi connectivity index (χ3v) is 5.34. The van der Waals surface area contributed by atoms with Crippen LogP contribution in [0.1, 0.15) is 58.0 Å². The van der Waals surface area contributed by atoms with Gasteiger partial charge in [0, 0.05) is 11.1 Å². The first-order valence-corrected chi connectivity index (χ1v) is 9.59. The van der Waals surface area contributed by atoms with Crippen molar-refractivity contribution in [1.82, 2.24) is 9.78 Å². The Labute approximate surface area is 160 Å². The summed E-state index contributed by atoms with van der Waals surface area (Å²) in [5, 5.41) is 16.0. The minimum absolute atomic E-state index is 0.129. The molecule has 0 bridgehead atoms. The summed E-state index contributed by atoms with van der Waals surface area (Å²) in [5.41, 5.74) is 1.29. The highest BCUT2D eigenvalue weighted by Crippen LogP contribution is 2.38. The highest BCUT2D eigenvalue weighted by atomic mass is 32.1. The summed E-state index contributed by atoms with van der Waals surface area (Å²) in [6.07, 6.45) is 4.93. The summed E-state index contributed by atoms with van der Waals surface area (Å²) in [6, 6.07) is 1.32. The number of carbonyl (C=O) groups excluding carboxylic acids is 2. The van der Waals surface area contributed by atoms with E-state index in [4.69, 9.17) is 9.84 Å². The van der Waals surface area contributed by atoms with Crippen molar-refractivity contribution >= 4 is 34.2 Å². The number of aromatic carboxylic acids is 1. The lowest BCUT2D eigenvalue weighted by atomic mass is 9.95. The molecule has 0 atom stereocenters. The maximum atomic E-state index is 12.6. The molecule has 0 fully saturated rings. The average Bonchev–Trinajstić information content (AvgIpc) is 3.18. The lowest BCUT2D eigenvalue weighted by Crippen LogP contribution is -2.21.